The summed E-state index contributed by atoms with van der Waals surface area (Å²) in [5, 5.41) is 0. The number of likely N-dealkylation sites (N-methyl/N-ethyl adjacent to an activating group) is 1. The lowest BCUT2D eigenvalue weighted by Crippen LogP contribution is -2.34. The summed E-state index contributed by atoms with van der Waals surface area (Å²) in [6.45, 7) is 3.07. The quantitative estimate of drug-likeness (QED) is 0.594. The van der Waals surface area contributed by atoms with E-state index in [9.17, 15) is 4.79 Å². The summed E-state index contributed by atoms with van der Waals surface area (Å²) in [5.74, 6) is -0.135. The SMILES string of the molecule is CCOC(=O)C1CC(OC)CN1C. The molecule has 0 radical (unpaired) electrons. The van der Waals surface area contributed by atoms with Gasteiger partial charge in [0.25, 0.3) is 0 Å². The Morgan fingerprint density at radius 1 is 1.62 bits per heavy atom. The van der Waals surface area contributed by atoms with Gasteiger partial charge in [0.15, 0.2) is 0 Å². The summed E-state index contributed by atoms with van der Waals surface area (Å²) in [6, 6.07) is -0.120. The highest BCUT2D eigenvalue weighted by Gasteiger charge is 2.35. The van der Waals surface area contributed by atoms with Crippen molar-refractivity contribution >= 4 is 5.97 Å². The second kappa shape index (κ2) is 4.58. The number of carbonyl (C=O) groups excluding carboxylic acids is 1. The molecule has 1 fully saturated rings. The van der Waals surface area contributed by atoms with Crippen LogP contribution in [0.2, 0.25) is 0 Å². The van der Waals surface area contributed by atoms with Gasteiger partial charge >= 0.3 is 5.97 Å². The number of rotatable bonds is 3. The first-order valence-electron chi connectivity index (χ1n) is 4.58. The second-order valence-corrected chi connectivity index (χ2v) is 3.30. The van der Waals surface area contributed by atoms with Crippen LogP contribution in [0.3, 0.4) is 0 Å². The maximum Gasteiger partial charge on any atom is 0.323 e. The van der Waals surface area contributed by atoms with E-state index in [4.69, 9.17) is 9.47 Å². The number of likely N-dealkylation sites (tertiary alicyclic amines) is 1. The van der Waals surface area contributed by atoms with E-state index in [-0.39, 0.29) is 18.1 Å². The van der Waals surface area contributed by atoms with Gasteiger partial charge in [-0.05, 0) is 14.0 Å². The normalized spacial score (nSPS) is 29.2. The number of ether oxygens (including phenoxy) is 2. The molecule has 1 rings (SSSR count). The average molecular weight is 187 g/mol. The van der Waals surface area contributed by atoms with Crippen LogP contribution in [-0.4, -0.2) is 50.3 Å². The van der Waals surface area contributed by atoms with Crippen LogP contribution < -0.4 is 0 Å². The third kappa shape index (κ3) is 2.42. The molecule has 0 aliphatic carbocycles. The fourth-order valence-electron chi connectivity index (χ4n) is 1.64. The average Bonchev–Trinajstić information content (AvgIpc) is 2.47. The smallest absolute Gasteiger partial charge is 0.323 e. The van der Waals surface area contributed by atoms with Gasteiger partial charge in [-0.2, -0.15) is 0 Å². The molecule has 1 aliphatic rings. The standard InChI is InChI=1S/C9H17NO3/c1-4-13-9(11)8-5-7(12-3)6-10(8)2/h7-8H,4-6H2,1-3H3. The van der Waals surface area contributed by atoms with Gasteiger partial charge in [-0.3, -0.25) is 9.69 Å². The van der Waals surface area contributed by atoms with Gasteiger partial charge in [0, 0.05) is 20.1 Å². The molecule has 76 valence electrons. The molecule has 2 unspecified atom stereocenters. The summed E-state index contributed by atoms with van der Waals surface area (Å²) in [6.07, 6.45) is 0.908. The third-order valence-corrected chi connectivity index (χ3v) is 2.40. The zero-order chi connectivity index (χ0) is 9.84. The van der Waals surface area contributed by atoms with E-state index in [0.29, 0.717) is 6.61 Å². The van der Waals surface area contributed by atoms with Crippen LogP contribution in [0.5, 0.6) is 0 Å². The molecule has 0 N–H and O–H groups in total. The molecule has 0 saturated carbocycles. The summed E-state index contributed by atoms with van der Waals surface area (Å²) in [4.78, 5) is 13.4. The van der Waals surface area contributed by atoms with Gasteiger partial charge in [-0.15, -0.1) is 0 Å². The molecule has 0 bridgehead atoms. The minimum Gasteiger partial charge on any atom is -0.465 e. The Balaban J connectivity index is 2.46. The van der Waals surface area contributed by atoms with Crippen LogP contribution in [-0.2, 0) is 14.3 Å². The minimum atomic E-state index is -0.135. The van der Waals surface area contributed by atoms with Crippen LogP contribution in [0.15, 0.2) is 0 Å². The first-order valence-corrected chi connectivity index (χ1v) is 4.58. The molecule has 2 atom stereocenters. The van der Waals surface area contributed by atoms with Crippen molar-refractivity contribution in [2.75, 3.05) is 27.3 Å². The highest BCUT2D eigenvalue weighted by molar-refractivity contribution is 5.76. The fraction of sp³-hybridized carbons (Fsp3) is 0.889. The summed E-state index contributed by atoms with van der Waals surface area (Å²) < 4.78 is 10.1. The number of esters is 1. The fourth-order valence-corrected chi connectivity index (χ4v) is 1.64. The van der Waals surface area contributed by atoms with Crippen molar-refractivity contribution in [3.8, 4) is 0 Å². The van der Waals surface area contributed by atoms with Crippen molar-refractivity contribution in [3.63, 3.8) is 0 Å². The highest BCUT2D eigenvalue weighted by atomic mass is 16.5. The Morgan fingerprint density at radius 3 is 2.77 bits per heavy atom. The summed E-state index contributed by atoms with van der Waals surface area (Å²) >= 11 is 0. The van der Waals surface area contributed by atoms with E-state index in [2.05, 4.69) is 0 Å². The molecule has 0 aromatic heterocycles. The Labute approximate surface area is 78.8 Å². The largest absolute Gasteiger partial charge is 0.465 e. The topological polar surface area (TPSA) is 38.8 Å². The Hall–Kier alpha value is -0.610. The molecule has 13 heavy (non-hydrogen) atoms. The first kappa shape index (κ1) is 10.5. The van der Waals surface area contributed by atoms with Gasteiger partial charge in [-0.25, -0.2) is 0 Å². The van der Waals surface area contributed by atoms with E-state index in [1.165, 1.54) is 0 Å². The molecule has 4 heteroatoms. The number of hydrogen-bond acceptors (Lipinski definition) is 4. The summed E-state index contributed by atoms with van der Waals surface area (Å²) in [7, 11) is 3.59. The molecule has 1 saturated heterocycles. The van der Waals surface area contributed by atoms with Gasteiger partial charge in [0.1, 0.15) is 6.04 Å². The molecule has 0 aromatic carbocycles. The molecule has 1 aliphatic heterocycles. The molecular weight excluding hydrogens is 170 g/mol. The van der Waals surface area contributed by atoms with Crippen LogP contribution >= 0.6 is 0 Å². The second-order valence-electron chi connectivity index (χ2n) is 3.30. The molecule has 4 nitrogen and oxygen atoms in total. The molecule has 0 amide bonds. The zero-order valence-corrected chi connectivity index (χ0v) is 8.45. The first-order chi connectivity index (χ1) is 6.19. The number of hydrogen-bond donors (Lipinski definition) is 0. The molecule has 0 spiro atoms. The van der Waals surface area contributed by atoms with E-state index < -0.39 is 0 Å². The van der Waals surface area contributed by atoms with Crippen molar-refractivity contribution in [2.24, 2.45) is 0 Å². The summed E-state index contributed by atoms with van der Waals surface area (Å²) in [5.41, 5.74) is 0. The monoisotopic (exact) mass is 187 g/mol. The van der Waals surface area contributed by atoms with Crippen molar-refractivity contribution in [1.29, 1.82) is 0 Å². The van der Waals surface area contributed by atoms with Gasteiger partial charge in [-0.1, -0.05) is 0 Å². The van der Waals surface area contributed by atoms with E-state index in [0.717, 1.165) is 13.0 Å². The van der Waals surface area contributed by atoms with E-state index in [1.54, 1.807) is 7.11 Å². The number of nitrogens with zero attached hydrogens (tertiary/aromatic N) is 1. The lowest BCUT2D eigenvalue weighted by molar-refractivity contribution is -0.148. The van der Waals surface area contributed by atoms with Gasteiger partial charge < -0.3 is 9.47 Å². The predicted octanol–water partition coefficient (Wildman–Crippen LogP) is 0.269. The van der Waals surface area contributed by atoms with Crippen LogP contribution in [0, 0.1) is 0 Å². The van der Waals surface area contributed by atoms with E-state index >= 15 is 0 Å². The maximum atomic E-state index is 11.4. The van der Waals surface area contributed by atoms with Gasteiger partial charge in [0.05, 0.1) is 12.7 Å². The van der Waals surface area contributed by atoms with Crippen molar-refractivity contribution in [3.05, 3.63) is 0 Å². The van der Waals surface area contributed by atoms with Crippen LogP contribution in [0.1, 0.15) is 13.3 Å². The number of methoxy groups -OCH3 is 1. The van der Waals surface area contributed by atoms with Crippen molar-refractivity contribution in [2.45, 2.75) is 25.5 Å². The Kier molecular flexibility index (Phi) is 3.69. The Bertz CT molecular complexity index is 184. The molecule has 0 aromatic rings. The van der Waals surface area contributed by atoms with Crippen LogP contribution in [0.25, 0.3) is 0 Å². The lowest BCUT2D eigenvalue weighted by atomic mass is 10.2. The van der Waals surface area contributed by atoms with E-state index in [1.807, 2.05) is 18.9 Å². The molecule has 1 heterocycles. The maximum absolute atomic E-state index is 11.4. The minimum absolute atomic E-state index is 0.120. The lowest BCUT2D eigenvalue weighted by Gasteiger charge is -2.16. The zero-order valence-electron chi connectivity index (χ0n) is 8.45. The van der Waals surface area contributed by atoms with Crippen molar-refractivity contribution < 1.29 is 14.3 Å². The van der Waals surface area contributed by atoms with Crippen LogP contribution in [0.4, 0.5) is 0 Å². The third-order valence-electron chi connectivity index (χ3n) is 2.40. The van der Waals surface area contributed by atoms with Crippen molar-refractivity contribution in [1.82, 2.24) is 4.90 Å². The van der Waals surface area contributed by atoms with Gasteiger partial charge in [0.2, 0.25) is 0 Å². The molecular formula is C9H17NO3. The predicted molar refractivity (Wildman–Crippen MR) is 48.5 cm³/mol. The number of carbonyl (C=O) groups is 1. The highest BCUT2D eigenvalue weighted by Crippen LogP contribution is 2.18. The Morgan fingerprint density at radius 2 is 2.31 bits per heavy atom.